The first-order chi connectivity index (χ1) is 11.9. The molecule has 2 rings (SSSR count). The van der Waals surface area contributed by atoms with E-state index in [0.29, 0.717) is 17.8 Å². The maximum absolute atomic E-state index is 12.4. The van der Waals surface area contributed by atoms with Gasteiger partial charge in [-0.25, -0.2) is 0 Å². The molecule has 0 saturated heterocycles. The van der Waals surface area contributed by atoms with Crippen LogP contribution in [0.5, 0.6) is 0 Å². The number of hydrogen-bond donors (Lipinski definition) is 0. The fourth-order valence-electron chi connectivity index (χ4n) is 2.32. The molecule has 0 atom stereocenters. The minimum absolute atomic E-state index is 0.0128. The second-order valence-corrected chi connectivity index (χ2v) is 6.30. The number of benzene rings is 1. The highest BCUT2D eigenvalue weighted by molar-refractivity contribution is 6.29. The van der Waals surface area contributed by atoms with Gasteiger partial charge in [-0.1, -0.05) is 35.5 Å². The number of esters is 1. The maximum atomic E-state index is 12.4. The van der Waals surface area contributed by atoms with Crippen molar-refractivity contribution in [1.82, 2.24) is 10.1 Å². The monoisotopic (exact) mass is 364 g/mol. The Balaban J connectivity index is 1.91. The van der Waals surface area contributed by atoms with Crippen LogP contribution in [0.1, 0.15) is 30.7 Å². The van der Waals surface area contributed by atoms with E-state index >= 15 is 0 Å². The summed E-state index contributed by atoms with van der Waals surface area (Å²) in [5, 5.41) is 3.74. The van der Waals surface area contributed by atoms with E-state index in [4.69, 9.17) is 20.9 Å². The first-order valence-corrected chi connectivity index (χ1v) is 8.36. The molecule has 7 heteroatoms. The SMILES string of the molecule is Cc1noc(Cl)c1CC(=O)OCC(=O)N(Cc1ccccc1)C(C)C. The minimum Gasteiger partial charge on any atom is -0.455 e. The van der Waals surface area contributed by atoms with Crippen molar-refractivity contribution in [3.63, 3.8) is 0 Å². The van der Waals surface area contributed by atoms with E-state index in [2.05, 4.69) is 5.16 Å². The minimum atomic E-state index is -0.551. The Morgan fingerprint density at radius 3 is 2.52 bits per heavy atom. The van der Waals surface area contributed by atoms with Gasteiger partial charge in [0.1, 0.15) is 0 Å². The van der Waals surface area contributed by atoms with Gasteiger partial charge in [0.25, 0.3) is 5.91 Å². The third-order valence-electron chi connectivity index (χ3n) is 3.75. The van der Waals surface area contributed by atoms with E-state index in [1.54, 1.807) is 11.8 Å². The van der Waals surface area contributed by atoms with Gasteiger partial charge in [-0.15, -0.1) is 0 Å². The second-order valence-electron chi connectivity index (χ2n) is 5.96. The number of carbonyl (C=O) groups excluding carboxylic acids is 2. The molecule has 1 aromatic heterocycles. The van der Waals surface area contributed by atoms with E-state index in [0.717, 1.165) is 5.56 Å². The Kier molecular flexibility index (Phi) is 6.58. The fraction of sp³-hybridized carbons (Fsp3) is 0.389. The van der Waals surface area contributed by atoms with Crippen molar-refractivity contribution in [3.8, 4) is 0 Å². The fourth-order valence-corrected chi connectivity index (χ4v) is 2.56. The summed E-state index contributed by atoms with van der Waals surface area (Å²) < 4.78 is 9.89. The Bertz CT molecular complexity index is 708. The zero-order chi connectivity index (χ0) is 18.4. The van der Waals surface area contributed by atoms with Crippen molar-refractivity contribution < 1.29 is 18.8 Å². The van der Waals surface area contributed by atoms with Gasteiger partial charge in [0.15, 0.2) is 6.61 Å². The molecule has 0 unspecified atom stereocenters. The van der Waals surface area contributed by atoms with Crippen LogP contribution in [0.25, 0.3) is 0 Å². The molecule has 0 aliphatic heterocycles. The Morgan fingerprint density at radius 1 is 1.28 bits per heavy atom. The summed E-state index contributed by atoms with van der Waals surface area (Å²) in [5.74, 6) is -0.801. The molecule has 0 saturated carbocycles. The van der Waals surface area contributed by atoms with Gasteiger partial charge in [-0.2, -0.15) is 0 Å². The van der Waals surface area contributed by atoms with Crippen molar-refractivity contribution in [1.29, 1.82) is 0 Å². The van der Waals surface area contributed by atoms with E-state index in [1.165, 1.54) is 0 Å². The third kappa shape index (κ3) is 5.32. The lowest BCUT2D eigenvalue weighted by Gasteiger charge is -2.26. The summed E-state index contributed by atoms with van der Waals surface area (Å²) >= 11 is 5.82. The van der Waals surface area contributed by atoms with Crippen molar-refractivity contribution in [2.24, 2.45) is 0 Å². The summed E-state index contributed by atoms with van der Waals surface area (Å²) in [6, 6.07) is 9.65. The van der Waals surface area contributed by atoms with Crippen LogP contribution < -0.4 is 0 Å². The van der Waals surface area contributed by atoms with E-state index in [1.807, 2.05) is 44.2 Å². The van der Waals surface area contributed by atoms with Crippen molar-refractivity contribution in [3.05, 3.63) is 52.4 Å². The normalized spacial score (nSPS) is 10.8. The lowest BCUT2D eigenvalue weighted by atomic mass is 10.2. The van der Waals surface area contributed by atoms with Crippen molar-refractivity contribution in [2.75, 3.05) is 6.61 Å². The van der Waals surface area contributed by atoms with E-state index in [9.17, 15) is 9.59 Å². The van der Waals surface area contributed by atoms with Gasteiger partial charge >= 0.3 is 5.97 Å². The Hall–Kier alpha value is -2.34. The van der Waals surface area contributed by atoms with Crippen molar-refractivity contribution in [2.45, 2.75) is 39.8 Å². The van der Waals surface area contributed by atoms with Gasteiger partial charge in [-0.3, -0.25) is 9.59 Å². The van der Waals surface area contributed by atoms with Gasteiger partial charge in [0.2, 0.25) is 5.22 Å². The number of rotatable bonds is 7. The highest BCUT2D eigenvalue weighted by Gasteiger charge is 2.21. The molecule has 134 valence electrons. The van der Waals surface area contributed by atoms with Gasteiger partial charge in [0.05, 0.1) is 12.1 Å². The van der Waals surface area contributed by atoms with Crippen LogP contribution >= 0.6 is 11.6 Å². The number of carbonyl (C=O) groups is 2. The zero-order valence-corrected chi connectivity index (χ0v) is 15.2. The number of hydrogen-bond acceptors (Lipinski definition) is 5. The molecular formula is C18H21ClN2O4. The summed E-state index contributed by atoms with van der Waals surface area (Å²) in [6.07, 6.45) is -0.0815. The Morgan fingerprint density at radius 2 is 1.96 bits per heavy atom. The van der Waals surface area contributed by atoms with Gasteiger partial charge in [0, 0.05) is 18.2 Å². The molecule has 0 N–H and O–H groups in total. The number of amides is 1. The van der Waals surface area contributed by atoms with Crippen LogP contribution in [-0.2, 0) is 27.3 Å². The second kappa shape index (κ2) is 8.67. The third-order valence-corrected chi connectivity index (χ3v) is 4.05. The lowest BCUT2D eigenvalue weighted by molar-refractivity contribution is -0.152. The van der Waals surface area contributed by atoms with Crippen LogP contribution in [0.2, 0.25) is 5.22 Å². The average Bonchev–Trinajstić information content (AvgIpc) is 2.90. The lowest BCUT2D eigenvalue weighted by Crippen LogP contribution is -2.39. The smallest absolute Gasteiger partial charge is 0.311 e. The molecule has 0 radical (unpaired) electrons. The highest BCUT2D eigenvalue weighted by atomic mass is 35.5. The molecule has 0 spiro atoms. The summed E-state index contributed by atoms with van der Waals surface area (Å²) in [6.45, 7) is 5.67. The quantitative estimate of drug-likeness (QED) is 0.705. The molecular weight excluding hydrogens is 344 g/mol. The molecule has 6 nitrogen and oxygen atoms in total. The summed E-state index contributed by atoms with van der Waals surface area (Å²) in [7, 11) is 0. The molecule has 1 amide bonds. The molecule has 0 aliphatic carbocycles. The van der Waals surface area contributed by atoms with Crippen LogP contribution in [-0.4, -0.2) is 34.6 Å². The number of ether oxygens (including phenoxy) is 1. The molecule has 1 aromatic carbocycles. The summed E-state index contributed by atoms with van der Waals surface area (Å²) in [5.41, 5.74) is 2.02. The zero-order valence-electron chi connectivity index (χ0n) is 14.5. The predicted molar refractivity (Wildman–Crippen MR) is 93.0 cm³/mol. The van der Waals surface area contributed by atoms with Gasteiger partial charge < -0.3 is 14.2 Å². The molecule has 25 heavy (non-hydrogen) atoms. The van der Waals surface area contributed by atoms with Gasteiger partial charge in [-0.05, 0) is 37.9 Å². The number of halogens is 1. The first-order valence-electron chi connectivity index (χ1n) is 7.98. The topological polar surface area (TPSA) is 72.6 Å². The molecule has 1 heterocycles. The molecule has 0 aliphatic rings. The standard InChI is InChI=1S/C18H21ClN2O4/c1-12(2)21(10-14-7-5-4-6-8-14)16(22)11-24-17(23)9-15-13(3)20-25-18(15)19/h4-8,12H,9-11H2,1-3H3. The first kappa shape index (κ1) is 19.0. The molecule has 0 bridgehead atoms. The highest BCUT2D eigenvalue weighted by Crippen LogP contribution is 2.19. The van der Waals surface area contributed by atoms with Crippen LogP contribution in [0.3, 0.4) is 0 Å². The Labute approximate surface area is 151 Å². The van der Waals surface area contributed by atoms with Crippen molar-refractivity contribution >= 4 is 23.5 Å². The molecule has 2 aromatic rings. The number of aryl methyl sites for hydroxylation is 1. The number of nitrogens with zero attached hydrogens (tertiary/aromatic N) is 2. The number of aromatic nitrogens is 1. The van der Waals surface area contributed by atoms with E-state index < -0.39 is 5.97 Å². The predicted octanol–water partition coefficient (Wildman–Crippen LogP) is 3.16. The van der Waals surface area contributed by atoms with E-state index in [-0.39, 0.29) is 30.2 Å². The maximum Gasteiger partial charge on any atom is 0.311 e. The van der Waals surface area contributed by atoms with Crippen LogP contribution in [0.4, 0.5) is 0 Å². The average molecular weight is 365 g/mol. The largest absolute Gasteiger partial charge is 0.455 e. The van der Waals surface area contributed by atoms with Crippen LogP contribution in [0.15, 0.2) is 34.9 Å². The molecule has 0 fully saturated rings. The summed E-state index contributed by atoms with van der Waals surface area (Å²) in [4.78, 5) is 26.0. The van der Waals surface area contributed by atoms with Crippen LogP contribution in [0, 0.1) is 6.92 Å².